The van der Waals surface area contributed by atoms with E-state index in [2.05, 4.69) is 9.72 Å². The highest BCUT2D eigenvalue weighted by Crippen LogP contribution is 2.30. The lowest BCUT2D eigenvalue weighted by atomic mass is 10.2. The quantitative estimate of drug-likeness (QED) is 0.734. The highest BCUT2D eigenvalue weighted by molar-refractivity contribution is 7.15. The molecule has 0 N–H and O–H groups in total. The van der Waals surface area contributed by atoms with Crippen molar-refractivity contribution in [1.29, 1.82) is 0 Å². The number of methoxy groups -OCH3 is 1. The number of hydrogen-bond acceptors (Lipinski definition) is 5. The first-order valence-corrected chi connectivity index (χ1v) is 5.12. The maximum absolute atomic E-state index is 11.4. The minimum atomic E-state index is -0.332. The van der Waals surface area contributed by atoms with Crippen LogP contribution in [0.3, 0.4) is 0 Å². The van der Waals surface area contributed by atoms with Crippen LogP contribution >= 0.6 is 11.3 Å². The molecule has 4 nitrogen and oxygen atoms in total. The summed E-state index contributed by atoms with van der Waals surface area (Å²) in [6.07, 6.45) is 3.07. The molecule has 2 heterocycles. The minimum Gasteiger partial charge on any atom is -0.465 e. The average molecular weight is 223 g/mol. The summed E-state index contributed by atoms with van der Waals surface area (Å²) in [5, 5.41) is 0. The SMILES string of the molecule is COC(=O)c1cc(-c2ncco2)sc1C. The van der Waals surface area contributed by atoms with Gasteiger partial charge in [-0.3, -0.25) is 0 Å². The Bertz CT molecular complexity index is 473. The Kier molecular flexibility index (Phi) is 2.55. The van der Waals surface area contributed by atoms with Crippen molar-refractivity contribution in [2.75, 3.05) is 7.11 Å². The number of esters is 1. The first-order valence-electron chi connectivity index (χ1n) is 4.31. The third-order valence-corrected chi connectivity index (χ3v) is 3.00. The first-order chi connectivity index (χ1) is 7.22. The molecule has 0 aliphatic heterocycles. The van der Waals surface area contributed by atoms with E-state index < -0.39 is 0 Å². The van der Waals surface area contributed by atoms with Crippen LogP contribution in [-0.2, 0) is 4.74 Å². The molecule has 0 saturated carbocycles. The lowest BCUT2D eigenvalue weighted by Crippen LogP contribution is -2.00. The number of oxazole rings is 1. The number of thiophene rings is 1. The zero-order chi connectivity index (χ0) is 10.8. The van der Waals surface area contributed by atoms with Gasteiger partial charge in [-0.2, -0.15) is 0 Å². The molecule has 0 aliphatic carbocycles. The summed E-state index contributed by atoms with van der Waals surface area (Å²) < 4.78 is 9.81. The van der Waals surface area contributed by atoms with Gasteiger partial charge >= 0.3 is 5.97 Å². The molecular formula is C10H9NO3S. The Morgan fingerprint density at radius 1 is 1.60 bits per heavy atom. The van der Waals surface area contributed by atoms with Crippen molar-refractivity contribution >= 4 is 17.3 Å². The van der Waals surface area contributed by atoms with E-state index in [0.29, 0.717) is 11.5 Å². The van der Waals surface area contributed by atoms with Crippen molar-refractivity contribution in [3.63, 3.8) is 0 Å². The molecule has 5 heteroatoms. The van der Waals surface area contributed by atoms with Crippen LogP contribution in [0, 0.1) is 6.92 Å². The summed E-state index contributed by atoms with van der Waals surface area (Å²) in [5.41, 5.74) is 0.565. The predicted molar refractivity (Wildman–Crippen MR) is 55.9 cm³/mol. The fraction of sp³-hybridized carbons (Fsp3) is 0.200. The van der Waals surface area contributed by atoms with Gasteiger partial charge in [-0.15, -0.1) is 11.3 Å². The molecule has 0 saturated heterocycles. The molecule has 0 aliphatic rings. The second-order valence-corrected chi connectivity index (χ2v) is 4.17. The smallest absolute Gasteiger partial charge is 0.338 e. The monoisotopic (exact) mass is 223 g/mol. The summed E-state index contributed by atoms with van der Waals surface area (Å²) in [6.45, 7) is 1.86. The molecule has 15 heavy (non-hydrogen) atoms. The van der Waals surface area contributed by atoms with Crippen molar-refractivity contribution in [3.8, 4) is 10.8 Å². The van der Waals surface area contributed by atoms with E-state index >= 15 is 0 Å². The Hall–Kier alpha value is -1.62. The molecule has 0 amide bonds. The molecule has 0 unspecified atom stereocenters. The second-order valence-electron chi connectivity index (χ2n) is 2.91. The zero-order valence-electron chi connectivity index (χ0n) is 8.31. The highest BCUT2D eigenvalue weighted by Gasteiger charge is 2.16. The fourth-order valence-electron chi connectivity index (χ4n) is 1.25. The van der Waals surface area contributed by atoms with Gasteiger partial charge in [-0.25, -0.2) is 9.78 Å². The van der Waals surface area contributed by atoms with E-state index in [1.807, 2.05) is 6.92 Å². The summed E-state index contributed by atoms with van der Waals surface area (Å²) in [6, 6.07) is 1.73. The van der Waals surface area contributed by atoms with E-state index in [0.717, 1.165) is 9.75 Å². The number of ether oxygens (including phenoxy) is 1. The molecule has 2 aromatic rings. The van der Waals surface area contributed by atoms with Crippen molar-refractivity contribution in [2.45, 2.75) is 6.92 Å². The van der Waals surface area contributed by atoms with Gasteiger partial charge in [0.25, 0.3) is 0 Å². The lowest BCUT2D eigenvalue weighted by Gasteiger charge is -1.94. The number of hydrogen-bond donors (Lipinski definition) is 0. The summed E-state index contributed by atoms with van der Waals surface area (Å²) in [5.74, 6) is 0.194. The number of carbonyl (C=O) groups is 1. The highest BCUT2D eigenvalue weighted by atomic mass is 32.1. The predicted octanol–water partition coefficient (Wildman–Crippen LogP) is 2.50. The van der Waals surface area contributed by atoms with Crippen LogP contribution < -0.4 is 0 Å². The Morgan fingerprint density at radius 2 is 2.40 bits per heavy atom. The van der Waals surface area contributed by atoms with Crippen molar-refractivity contribution in [3.05, 3.63) is 29.0 Å². The maximum atomic E-state index is 11.4. The molecule has 2 rings (SSSR count). The topological polar surface area (TPSA) is 52.3 Å². The van der Waals surface area contributed by atoms with Gasteiger partial charge in [-0.05, 0) is 13.0 Å². The molecule has 0 aromatic carbocycles. The van der Waals surface area contributed by atoms with E-state index in [9.17, 15) is 4.79 Å². The van der Waals surface area contributed by atoms with Crippen LogP contribution in [0.5, 0.6) is 0 Å². The first kappa shape index (κ1) is 9.92. The lowest BCUT2D eigenvalue weighted by molar-refractivity contribution is 0.0600. The molecule has 78 valence electrons. The summed E-state index contributed by atoms with van der Waals surface area (Å²) >= 11 is 1.46. The Morgan fingerprint density at radius 3 is 3.00 bits per heavy atom. The molecule has 0 bridgehead atoms. The van der Waals surface area contributed by atoms with Gasteiger partial charge in [0.05, 0.1) is 23.7 Å². The fourth-order valence-corrected chi connectivity index (χ4v) is 2.19. The van der Waals surface area contributed by atoms with Gasteiger partial charge in [-0.1, -0.05) is 0 Å². The van der Waals surface area contributed by atoms with E-state index in [4.69, 9.17) is 4.42 Å². The number of aryl methyl sites for hydroxylation is 1. The number of nitrogens with zero attached hydrogens (tertiary/aromatic N) is 1. The molecule has 0 radical (unpaired) electrons. The average Bonchev–Trinajstić information content (AvgIpc) is 2.84. The van der Waals surface area contributed by atoms with Crippen LogP contribution in [0.15, 0.2) is 22.9 Å². The zero-order valence-corrected chi connectivity index (χ0v) is 9.13. The second kappa shape index (κ2) is 3.86. The standard InChI is InChI=1S/C10H9NO3S/c1-6-7(10(12)13-2)5-8(15-6)9-11-3-4-14-9/h3-5H,1-2H3. The van der Waals surface area contributed by atoms with E-state index in [-0.39, 0.29) is 5.97 Å². The number of aromatic nitrogens is 1. The van der Waals surface area contributed by atoms with E-state index in [1.165, 1.54) is 24.7 Å². The Labute approximate surface area is 90.5 Å². The third kappa shape index (κ3) is 1.78. The molecule has 2 aromatic heterocycles. The van der Waals surface area contributed by atoms with Crippen LogP contribution in [0.2, 0.25) is 0 Å². The number of rotatable bonds is 2. The van der Waals surface area contributed by atoms with Crippen LogP contribution in [0.1, 0.15) is 15.2 Å². The van der Waals surface area contributed by atoms with Crippen molar-refractivity contribution in [1.82, 2.24) is 4.98 Å². The van der Waals surface area contributed by atoms with Gasteiger partial charge in [0.15, 0.2) is 0 Å². The van der Waals surface area contributed by atoms with Gasteiger partial charge < -0.3 is 9.15 Å². The van der Waals surface area contributed by atoms with Gasteiger partial charge in [0, 0.05) is 4.88 Å². The molecule has 0 atom stereocenters. The summed E-state index contributed by atoms with van der Waals surface area (Å²) in [4.78, 5) is 17.1. The van der Waals surface area contributed by atoms with E-state index in [1.54, 1.807) is 12.3 Å². The normalized spacial score (nSPS) is 10.3. The molecule has 0 spiro atoms. The maximum Gasteiger partial charge on any atom is 0.338 e. The minimum absolute atomic E-state index is 0.332. The summed E-state index contributed by atoms with van der Waals surface area (Å²) in [7, 11) is 1.37. The third-order valence-electron chi connectivity index (χ3n) is 1.97. The number of carbonyl (C=O) groups excluding carboxylic acids is 1. The van der Waals surface area contributed by atoms with Crippen molar-refractivity contribution in [2.24, 2.45) is 0 Å². The van der Waals surface area contributed by atoms with Crippen LogP contribution in [0.4, 0.5) is 0 Å². The molecular weight excluding hydrogens is 214 g/mol. The van der Waals surface area contributed by atoms with Crippen LogP contribution in [0.25, 0.3) is 10.8 Å². The Balaban J connectivity index is 2.41. The largest absolute Gasteiger partial charge is 0.465 e. The van der Waals surface area contributed by atoms with Crippen LogP contribution in [-0.4, -0.2) is 18.1 Å². The van der Waals surface area contributed by atoms with Crippen molar-refractivity contribution < 1.29 is 13.9 Å². The van der Waals surface area contributed by atoms with Gasteiger partial charge in [0.1, 0.15) is 6.26 Å². The molecule has 0 fully saturated rings. The van der Waals surface area contributed by atoms with Gasteiger partial charge in [0.2, 0.25) is 5.89 Å².